The van der Waals surface area contributed by atoms with Crippen molar-refractivity contribution in [2.24, 2.45) is 5.10 Å². The van der Waals surface area contributed by atoms with Crippen LogP contribution in [0.3, 0.4) is 0 Å². The predicted octanol–water partition coefficient (Wildman–Crippen LogP) is 4.34. The fourth-order valence-electron chi connectivity index (χ4n) is 2.40. The van der Waals surface area contributed by atoms with Gasteiger partial charge in [-0.05, 0) is 31.2 Å². The number of hydrazone groups is 1. The number of amides is 1. The molecule has 3 rings (SSSR count). The van der Waals surface area contributed by atoms with Crippen molar-refractivity contribution >= 4 is 29.6 Å². The maximum absolute atomic E-state index is 12.0. The molecule has 0 radical (unpaired) electrons. The van der Waals surface area contributed by atoms with Crippen molar-refractivity contribution in [3.63, 3.8) is 0 Å². The van der Waals surface area contributed by atoms with E-state index in [2.05, 4.69) is 10.5 Å². The van der Waals surface area contributed by atoms with Crippen molar-refractivity contribution in [3.05, 3.63) is 87.7 Å². The minimum absolute atomic E-state index is 0.0922. The molecule has 0 saturated heterocycles. The van der Waals surface area contributed by atoms with E-state index in [0.717, 1.165) is 4.90 Å². The Morgan fingerprint density at radius 1 is 1.18 bits per heavy atom. The molecule has 2 aromatic carbocycles. The third-order valence-electron chi connectivity index (χ3n) is 3.76. The largest absolute Gasteiger partial charge is 0.448 e. The van der Waals surface area contributed by atoms with Gasteiger partial charge >= 0.3 is 0 Å². The van der Waals surface area contributed by atoms with E-state index < -0.39 is 10.8 Å². The molecule has 0 saturated carbocycles. The third kappa shape index (κ3) is 5.31. The number of hydrogen-bond donors (Lipinski definition) is 1. The number of nitrogens with one attached hydrogen (secondary N) is 1. The van der Waals surface area contributed by atoms with E-state index in [1.165, 1.54) is 29.6 Å². The van der Waals surface area contributed by atoms with Gasteiger partial charge < -0.3 is 4.42 Å². The zero-order chi connectivity index (χ0) is 19.9. The Labute approximate surface area is 165 Å². The summed E-state index contributed by atoms with van der Waals surface area (Å²) in [7, 11) is 0. The van der Waals surface area contributed by atoms with Crippen molar-refractivity contribution in [1.29, 1.82) is 0 Å². The van der Waals surface area contributed by atoms with Crippen LogP contribution in [0.2, 0.25) is 0 Å². The lowest BCUT2D eigenvalue weighted by Crippen LogP contribution is -2.20. The molecule has 0 atom stereocenters. The fourth-order valence-corrected chi connectivity index (χ4v) is 3.18. The van der Waals surface area contributed by atoms with Gasteiger partial charge in [0.05, 0.1) is 17.6 Å². The number of nitro benzene ring substituents is 1. The number of nitro groups is 1. The Hall–Kier alpha value is -3.39. The van der Waals surface area contributed by atoms with E-state index in [0.29, 0.717) is 16.4 Å². The minimum atomic E-state index is -0.512. The van der Waals surface area contributed by atoms with Gasteiger partial charge in [0.2, 0.25) is 5.91 Å². The number of carbonyl (C=O) groups excluding carboxylic acids is 1. The van der Waals surface area contributed by atoms with Crippen LogP contribution >= 0.6 is 11.8 Å². The highest BCUT2D eigenvalue weighted by atomic mass is 32.2. The van der Waals surface area contributed by atoms with Gasteiger partial charge in [-0.3, -0.25) is 14.9 Å². The molecule has 3 aromatic rings. The van der Waals surface area contributed by atoms with Crippen LogP contribution in [0.5, 0.6) is 0 Å². The number of aryl methyl sites for hydroxylation is 1. The second-order valence-corrected chi connectivity index (χ2v) is 7.01. The molecule has 1 N–H and O–H groups in total. The zero-order valence-corrected chi connectivity index (χ0v) is 15.8. The summed E-state index contributed by atoms with van der Waals surface area (Å²) >= 11 is 1.48. The number of rotatable bonds is 7. The highest BCUT2D eigenvalue weighted by Crippen LogP contribution is 2.29. The molecule has 8 heteroatoms. The maximum atomic E-state index is 12.0. The van der Waals surface area contributed by atoms with Gasteiger partial charge in [-0.15, -0.1) is 0 Å². The number of hydrogen-bond acceptors (Lipinski definition) is 6. The standard InChI is InChI=1S/C20H17N3O4S/c1-14-6-9-17(10-7-14)28-20-11-8-16(27-20)13-21-22-19(24)12-15-4-2-3-5-18(15)23(25)26/h2-11,13H,12H2,1H3,(H,22,24). The summed E-state index contributed by atoms with van der Waals surface area (Å²) in [5, 5.41) is 15.5. The van der Waals surface area contributed by atoms with Crippen LogP contribution in [-0.2, 0) is 11.2 Å². The highest BCUT2D eigenvalue weighted by molar-refractivity contribution is 7.99. The highest BCUT2D eigenvalue weighted by Gasteiger charge is 2.15. The molecule has 142 valence electrons. The van der Waals surface area contributed by atoms with E-state index in [-0.39, 0.29) is 12.1 Å². The SMILES string of the molecule is Cc1ccc(Sc2ccc(C=NNC(=O)Cc3ccccc3[N+](=O)[O-])o2)cc1. The fraction of sp³-hybridized carbons (Fsp3) is 0.100. The van der Waals surface area contributed by atoms with Gasteiger partial charge in [-0.25, -0.2) is 5.43 Å². The van der Waals surface area contributed by atoms with Crippen LogP contribution in [0, 0.1) is 17.0 Å². The number of carbonyl (C=O) groups is 1. The van der Waals surface area contributed by atoms with Crippen LogP contribution in [0.25, 0.3) is 0 Å². The molecule has 0 unspecified atom stereocenters. The number of nitrogens with zero attached hydrogens (tertiary/aromatic N) is 2. The third-order valence-corrected chi connectivity index (χ3v) is 4.69. The second kappa shape index (κ2) is 9.01. The molecule has 0 bridgehead atoms. The summed E-state index contributed by atoms with van der Waals surface area (Å²) in [6, 6.07) is 17.8. The summed E-state index contributed by atoms with van der Waals surface area (Å²) in [4.78, 5) is 23.5. The Kier molecular flexibility index (Phi) is 6.23. The lowest BCUT2D eigenvalue weighted by atomic mass is 10.1. The van der Waals surface area contributed by atoms with E-state index in [4.69, 9.17) is 4.42 Å². The molecule has 0 aliphatic heterocycles. The summed E-state index contributed by atoms with van der Waals surface area (Å²) in [6.45, 7) is 2.03. The van der Waals surface area contributed by atoms with E-state index in [1.54, 1.807) is 24.3 Å². The first-order valence-corrected chi connectivity index (χ1v) is 9.21. The van der Waals surface area contributed by atoms with E-state index >= 15 is 0 Å². The normalized spacial score (nSPS) is 10.9. The molecule has 0 spiro atoms. The Balaban J connectivity index is 1.55. The van der Waals surface area contributed by atoms with Gasteiger partial charge in [0.25, 0.3) is 5.69 Å². The summed E-state index contributed by atoms with van der Waals surface area (Å²) in [6.07, 6.45) is 1.25. The number of benzene rings is 2. The molecule has 0 aliphatic carbocycles. The van der Waals surface area contributed by atoms with Gasteiger partial charge in [0.15, 0.2) is 5.09 Å². The van der Waals surface area contributed by atoms with Gasteiger partial charge in [-0.2, -0.15) is 5.10 Å². The van der Waals surface area contributed by atoms with E-state index in [1.807, 2.05) is 37.3 Å². The number of furan rings is 1. The van der Waals surface area contributed by atoms with Gasteiger partial charge in [0, 0.05) is 16.5 Å². The maximum Gasteiger partial charge on any atom is 0.273 e. The lowest BCUT2D eigenvalue weighted by molar-refractivity contribution is -0.385. The molecule has 0 aliphatic rings. The summed E-state index contributed by atoms with van der Waals surface area (Å²) < 4.78 is 5.64. The average Bonchev–Trinajstić information content (AvgIpc) is 3.11. The van der Waals surface area contributed by atoms with Gasteiger partial charge in [0.1, 0.15) is 5.76 Å². The smallest absolute Gasteiger partial charge is 0.273 e. The predicted molar refractivity (Wildman–Crippen MR) is 107 cm³/mol. The van der Waals surface area contributed by atoms with Gasteiger partial charge in [-0.1, -0.05) is 47.7 Å². The molecule has 7 nitrogen and oxygen atoms in total. The number of para-hydroxylation sites is 1. The molecule has 28 heavy (non-hydrogen) atoms. The Morgan fingerprint density at radius 3 is 2.68 bits per heavy atom. The second-order valence-electron chi connectivity index (χ2n) is 5.93. The lowest BCUT2D eigenvalue weighted by Gasteiger charge is -2.01. The molecule has 1 amide bonds. The Morgan fingerprint density at radius 2 is 1.93 bits per heavy atom. The van der Waals surface area contributed by atoms with E-state index in [9.17, 15) is 14.9 Å². The van der Waals surface area contributed by atoms with Crippen molar-refractivity contribution in [2.45, 2.75) is 23.3 Å². The summed E-state index contributed by atoms with van der Waals surface area (Å²) in [5.74, 6) is 0.0342. The topological polar surface area (TPSA) is 97.7 Å². The van der Waals surface area contributed by atoms with Crippen LogP contribution in [0.4, 0.5) is 5.69 Å². The zero-order valence-electron chi connectivity index (χ0n) is 15.0. The van der Waals surface area contributed by atoms with Crippen LogP contribution < -0.4 is 5.43 Å². The minimum Gasteiger partial charge on any atom is -0.448 e. The first-order valence-electron chi connectivity index (χ1n) is 8.40. The van der Waals surface area contributed by atoms with Crippen LogP contribution in [-0.4, -0.2) is 17.0 Å². The molecular formula is C20H17N3O4S. The molecular weight excluding hydrogens is 378 g/mol. The van der Waals surface area contributed by atoms with Crippen molar-refractivity contribution < 1.29 is 14.1 Å². The van der Waals surface area contributed by atoms with Crippen LogP contribution in [0.1, 0.15) is 16.9 Å². The monoisotopic (exact) mass is 395 g/mol. The quantitative estimate of drug-likeness (QED) is 0.365. The Bertz CT molecular complexity index is 1010. The van der Waals surface area contributed by atoms with Crippen molar-refractivity contribution in [3.8, 4) is 0 Å². The van der Waals surface area contributed by atoms with Crippen LogP contribution in [0.15, 0.2) is 80.2 Å². The van der Waals surface area contributed by atoms with Crippen molar-refractivity contribution in [2.75, 3.05) is 0 Å². The first-order chi connectivity index (χ1) is 13.5. The first kappa shape index (κ1) is 19.4. The molecule has 0 fully saturated rings. The average molecular weight is 395 g/mol. The van der Waals surface area contributed by atoms with Crippen molar-refractivity contribution in [1.82, 2.24) is 5.43 Å². The summed E-state index contributed by atoms with van der Waals surface area (Å²) in [5.41, 5.74) is 3.78. The molecule has 1 heterocycles. The molecule has 1 aromatic heterocycles.